The van der Waals surface area contributed by atoms with Crippen LogP contribution >= 0.6 is 0 Å². The van der Waals surface area contributed by atoms with Crippen molar-refractivity contribution in [3.05, 3.63) is 5.56 Å². The number of hydrogen-bond donors (Lipinski definition) is 2. The zero-order chi connectivity index (χ0) is 14.0. The molecule has 0 aromatic carbocycles. The lowest BCUT2D eigenvalue weighted by atomic mass is 10.1. The topological polar surface area (TPSA) is 82.2 Å². The summed E-state index contributed by atoms with van der Waals surface area (Å²) in [6.45, 7) is 4.99. The fourth-order valence-electron chi connectivity index (χ4n) is 1.85. The Bertz CT molecular complexity index is 463. The molecule has 1 aliphatic carbocycles. The predicted molar refractivity (Wildman–Crippen MR) is 74.1 cm³/mol. The molecular formula is C13H22N4O2. The van der Waals surface area contributed by atoms with Crippen molar-refractivity contribution in [2.45, 2.75) is 45.7 Å². The number of nitrogens with two attached hydrogens (primary N) is 1. The maximum atomic E-state index is 11.8. The van der Waals surface area contributed by atoms with Gasteiger partial charge in [0, 0.05) is 12.6 Å². The largest absolute Gasteiger partial charge is 0.465 e. The average Bonchev–Trinajstić information content (AvgIpc) is 3.11. The minimum absolute atomic E-state index is 0.359. The molecular weight excluding hydrogens is 244 g/mol. The highest BCUT2D eigenvalue weighted by Crippen LogP contribution is 2.29. The molecule has 0 amide bonds. The van der Waals surface area contributed by atoms with Gasteiger partial charge in [0.25, 0.3) is 0 Å². The second-order valence-corrected chi connectivity index (χ2v) is 5.42. The van der Waals surface area contributed by atoms with Crippen LogP contribution in [0, 0.1) is 5.92 Å². The monoisotopic (exact) mass is 266 g/mol. The third-order valence-electron chi connectivity index (χ3n) is 3.22. The maximum absolute atomic E-state index is 11.8. The average molecular weight is 266 g/mol. The van der Waals surface area contributed by atoms with Crippen molar-refractivity contribution >= 4 is 17.6 Å². The van der Waals surface area contributed by atoms with E-state index in [1.807, 2.05) is 0 Å². The number of aromatic nitrogens is 2. The fraction of sp³-hybridized carbons (Fsp3) is 0.692. The minimum Gasteiger partial charge on any atom is -0.465 e. The van der Waals surface area contributed by atoms with E-state index in [0.717, 1.165) is 19.3 Å². The molecule has 0 saturated heterocycles. The summed E-state index contributed by atoms with van der Waals surface area (Å²) >= 11 is 0. The molecule has 0 radical (unpaired) electrons. The Morgan fingerprint density at radius 1 is 1.58 bits per heavy atom. The van der Waals surface area contributed by atoms with Gasteiger partial charge in [0.05, 0.1) is 7.11 Å². The molecule has 1 heterocycles. The predicted octanol–water partition coefficient (Wildman–Crippen LogP) is 1.87. The van der Waals surface area contributed by atoms with Crippen LogP contribution in [0.3, 0.4) is 0 Å². The molecule has 0 unspecified atom stereocenters. The summed E-state index contributed by atoms with van der Waals surface area (Å²) in [5.41, 5.74) is 6.38. The Hall–Kier alpha value is -1.72. The third-order valence-corrected chi connectivity index (χ3v) is 3.22. The molecule has 106 valence electrons. The van der Waals surface area contributed by atoms with Crippen LogP contribution in [0.15, 0.2) is 0 Å². The van der Waals surface area contributed by atoms with Gasteiger partial charge < -0.3 is 15.8 Å². The van der Waals surface area contributed by atoms with Crippen LogP contribution in [0.25, 0.3) is 0 Å². The minimum atomic E-state index is -0.434. The van der Waals surface area contributed by atoms with Crippen molar-refractivity contribution in [1.82, 2.24) is 9.78 Å². The molecule has 2 rings (SSSR count). The summed E-state index contributed by atoms with van der Waals surface area (Å²) in [6.07, 6.45) is 3.19. The van der Waals surface area contributed by atoms with Gasteiger partial charge in [0.15, 0.2) is 5.82 Å². The number of hydrogen-bond acceptors (Lipinski definition) is 5. The van der Waals surface area contributed by atoms with Crippen LogP contribution in [-0.4, -0.2) is 28.9 Å². The first-order valence-corrected chi connectivity index (χ1v) is 6.74. The van der Waals surface area contributed by atoms with Crippen LogP contribution in [0.1, 0.15) is 43.5 Å². The van der Waals surface area contributed by atoms with E-state index in [9.17, 15) is 4.79 Å². The zero-order valence-corrected chi connectivity index (χ0v) is 11.8. The molecule has 0 spiro atoms. The fourth-order valence-corrected chi connectivity index (χ4v) is 1.85. The molecule has 19 heavy (non-hydrogen) atoms. The van der Waals surface area contributed by atoms with Crippen LogP contribution in [-0.2, 0) is 11.3 Å². The Kier molecular flexibility index (Phi) is 3.97. The van der Waals surface area contributed by atoms with E-state index in [1.165, 1.54) is 7.11 Å². The lowest BCUT2D eigenvalue weighted by molar-refractivity contribution is 0.0603. The Labute approximate surface area is 113 Å². The number of esters is 1. The van der Waals surface area contributed by atoms with Gasteiger partial charge >= 0.3 is 5.97 Å². The number of carbonyl (C=O) groups is 1. The summed E-state index contributed by atoms with van der Waals surface area (Å²) in [5.74, 6) is 1.06. The third kappa shape index (κ3) is 3.19. The van der Waals surface area contributed by atoms with Gasteiger partial charge in [-0.3, -0.25) is 0 Å². The molecule has 6 heteroatoms. The molecule has 0 bridgehead atoms. The van der Waals surface area contributed by atoms with Crippen molar-refractivity contribution in [2.24, 2.45) is 5.92 Å². The standard InChI is InChI=1S/C13H22N4O2/c1-8(2)6-7-17-11(14)10(13(18)19-3)12(16-17)15-9-4-5-9/h8-9H,4-7,14H2,1-3H3,(H,15,16). The Balaban J connectivity index is 2.23. The van der Waals surface area contributed by atoms with Crippen molar-refractivity contribution < 1.29 is 9.53 Å². The number of ether oxygens (including phenoxy) is 1. The van der Waals surface area contributed by atoms with E-state index >= 15 is 0 Å². The van der Waals surface area contributed by atoms with E-state index < -0.39 is 5.97 Å². The number of nitrogens with one attached hydrogen (secondary N) is 1. The zero-order valence-electron chi connectivity index (χ0n) is 11.8. The van der Waals surface area contributed by atoms with Crippen LogP contribution in [0.5, 0.6) is 0 Å². The van der Waals surface area contributed by atoms with Gasteiger partial charge in [-0.1, -0.05) is 13.8 Å². The highest BCUT2D eigenvalue weighted by atomic mass is 16.5. The lowest BCUT2D eigenvalue weighted by Crippen LogP contribution is -2.10. The number of methoxy groups -OCH3 is 1. The summed E-state index contributed by atoms with van der Waals surface area (Å²) in [7, 11) is 1.36. The molecule has 1 aromatic heterocycles. The first-order chi connectivity index (χ1) is 9.02. The van der Waals surface area contributed by atoms with Gasteiger partial charge in [0.2, 0.25) is 0 Å². The van der Waals surface area contributed by atoms with E-state index in [0.29, 0.717) is 35.7 Å². The molecule has 0 aliphatic heterocycles. The number of nitrogens with zero attached hydrogens (tertiary/aromatic N) is 2. The Morgan fingerprint density at radius 3 is 2.79 bits per heavy atom. The summed E-state index contributed by atoms with van der Waals surface area (Å²) < 4.78 is 6.48. The molecule has 6 nitrogen and oxygen atoms in total. The van der Waals surface area contributed by atoms with Crippen molar-refractivity contribution in [1.29, 1.82) is 0 Å². The van der Waals surface area contributed by atoms with Crippen molar-refractivity contribution in [3.8, 4) is 0 Å². The van der Waals surface area contributed by atoms with E-state index in [-0.39, 0.29) is 0 Å². The molecule has 1 fully saturated rings. The van der Waals surface area contributed by atoms with Gasteiger partial charge in [-0.05, 0) is 25.2 Å². The summed E-state index contributed by atoms with van der Waals surface area (Å²) in [6, 6.07) is 0.413. The quantitative estimate of drug-likeness (QED) is 0.768. The second-order valence-electron chi connectivity index (χ2n) is 5.42. The molecule has 1 aliphatic rings. The highest BCUT2D eigenvalue weighted by molar-refractivity contribution is 5.99. The summed E-state index contributed by atoms with van der Waals surface area (Å²) in [5, 5.41) is 7.65. The van der Waals surface area contributed by atoms with Gasteiger partial charge in [-0.25, -0.2) is 9.48 Å². The van der Waals surface area contributed by atoms with E-state index in [2.05, 4.69) is 24.3 Å². The smallest absolute Gasteiger partial charge is 0.345 e. The van der Waals surface area contributed by atoms with E-state index in [4.69, 9.17) is 10.5 Å². The van der Waals surface area contributed by atoms with Crippen LogP contribution < -0.4 is 11.1 Å². The molecule has 3 N–H and O–H groups in total. The normalized spacial score (nSPS) is 14.7. The highest BCUT2D eigenvalue weighted by Gasteiger charge is 2.28. The maximum Gasteiger partial charge on any atom is 0.345 e. The number of aryl methyl sites for hydroxylation is 1. The van der Waals surface area contributed by atoms with Crippen molar-refractivity contribution in [3.63, 3.8) is 0 Å². The first kappa shape index (κ1) is 13.7. The van der Waals surface area contributed by atoms with Crippen molar-refractivity contribution in [2.75, 3.05) is 18.2 Å². The lowest BCUT2D eigenvalue weighted by Gasteiger charge is -2.06. The van der Waals surface area contributed by atoms with Gasteiger partial charge in [-0.2, -0.15) is 5.10 Å². The van der Waals surface area contributed by atoms with E-state index in [1.54, 1.807) is 4.68 Å². The van der Waals surface area contributed by atoms with Gasteiger partial charge in [-0.15, -0.1) is 0 Å². The molecule has 1 aromatic rings. The first-order valence-electron chi connectivity index (χ1n) is 6.74. The second kappa shape index (κ2) is 5.50. The van der Waals surface area contributed by atoms with Crippen LogP contribution in [0.2, 0.25) is 0 Å². The number of nitrogen functional groups attached to an aromatic ring is 1. The number of anilines is 2. The summed E-state index contributed by atoms with van der Waals surface area (Å²) in [4.78, 5) is 11.8. The van der Waals surface area contributed by atoms with Gasteiger partial charge in [0.1, 0.15) is 11.4 Å². The number of rotatable bonds is 6. The SMILES string of the molecule is COC(=O)c1c(NC2CC2)nn(CCC(C)C)c1N. The van der Waals surface area contributed by atoms with Crippen LogP contribution in [0.4, 0.5) is 11.6 Å². The Morgan fingerprint density at radius 2 is 2.26 bits per heavy atom. The number of carbonyl (C=O) groups excluding carboxylic acids is 1. The molecule has 0 atom stereocenters. The molecule has 1 saturated carbocycles.